The number of rotatable bonds is 5. The van der Waals surface area contributed by atoms with Crippen molar-refractivity contribution in [2.45, 2.75) is 57.0 Å². The van der Waals surface area contributed by atoms with Crippen LogP contribution in [0.5, 0.6) is 0 Å². The van der Waals surface area contributed by atoms with Crippen LogP contribution in [0.4, 0.5) is 0 Å². The van der Waals surface area contributed by atoms with Gasteiger partial charge in [0.2, 0.25) is 5.91 Å². The first kappa shape index (κ1) is 15.3. The monoisotopic (exact) mass is 296 g/mol. The van der Waals surface area contributed by atoms with Crippen LogP contribution in [0.25, 0.3) is 0 Å². The zero-order valence-electron chi connectivity index (χ0n) is 12.8. The van der Waals surface area contributed by atoms with E-state index >= 15 is 0 Å². The number of nitrogens with one attached hydrogen (secondary N) is 2. The largest absolute Gasteiger partial charge is 0.396 e. The summed E-state index contributed by atoms with van der Waals surface area (Å²) in [6.45, 7) is 2.17. The molecule has 1 aliphatic carbocycles. The molecule has 0 bridgehead atoms. The summed E-state index contributed by atoms with van der Waals surface area (Å²) >= 11 is 0. The Labute approximate surface area is 126 Å². The number of ether oxygens (including phenoxy) is 1. The Morgan fingerprint density at radius 3 is 2.95 bits per heavy atom. The highest BCUT2D eigenvalue weighted by Gasteiger charge is 2.40. The van der Waals surface area contributed by atoms with Crippen LogP contribution in [0, 0.1) is 11.3 Å². The van der Waals surface area contributed by atoms with Crippen LogP contribution in [0.2, 0.25) is 0 Å². The molecule has 5 heteroatoms. The lowest BCUT2D eigenvalue weighted by molar-refractivity contribution is -0.123. The summed E-state index contributed by atoms with van der Waals surface area (Å²) in [5.41, 5.74) is -0.0597. The van der Waals surface area contributed by atoms with Crippen molar-refractivity contribution in [1.29, 1.82) is 0 Å². The van der Waals surface area contributed by atoms with E-state index < -0.39 is 0 Å². The Morgan fingerprint density at radius 2 is 2.24 bits per heavy atom. The van der Waals surface area contributed by atoms with E-state index in [1.165, 1.54) is 25.7 Å². The maximum Gasteiger partial charge on any atom is 0.237 e. The van der Waals surface area contributed by atoms with Crippen LogP contribution < -0.4 is 10.6 Å². The number of aliphatic hydroxyl groups is 1. The van der Waals surface area contributed by atoms with E-state index in [1.807, 2.05) is 0 Å². The summed E-state index contributed by atoms with van der Waals surface area (Å²) in [5, 5.41) is 15.9. The number of amides is 1. The number of hydrogen-bond donors (Lipinski definition) is 3. The van der Waals surface area contributed by atoms with Crippen LogP contribution in [0.3, 0.4) is 0 Å². The lowest BCUT2D eigenvalue weighted by Crippen LogP contribution is -2.47. The third kappa shape index (κ3) is 3.41. The molecule has 1 saturated carbocycles. The topological polar surface area (TPSA) is 70.6 Å². The van der Waals surface area contributed by atoms with Gasteiger partial charge in [0.15, 0.2) is 0 Å². The van der Waals surface area contributed by atoms with E-state index in [9.17, 15) is 9.90 Å². The molecule has 5 nitrogen and oxygen atoms in total. The second-order valence-electron chi connectivity index (χ2n) is 7.10. The minimum Gasteiger partial charge on any atom is -0.396 e. The fraction of sp³-hybridized carbons (Fsp3) is 0.938. The summed E-state index contributed by atoms with van der Waals surface area (Å²) in [6, 6.07) is 0.530. The molecular weight excluding hydrogens is 268 g/mol. The van der Waals surface area contributed by atoms with Gasteiger partial charge < -0.3 is 20.5 Å². The molecule has 4 unspecified atom stereocenters. The minimum absolute atomic E-state index is 0.0217. The first-order valence-electron chi connectivity index (χ1n) is 8.45. The van der Waals surface area contributed by atoms with Gasteiger partial charge in [-0.2, -0.15) is 0 Å². The molecule has 3 rings (SSSR count). The first-order valence-corrected chi connectivity index (χ1v) is 8.45. The van der Waals surface area contributed by atoms with E-state index in [4.69, 9.17) is 4.74 Å². The number of fused-ring (bicyclic) bond motifs is 1. The minimum atomic E-state index is -0.0597. The molecule has 21 heavy (non-hydrogen) atoms. The average molecular weight is 296 g/mol. The van der Waals surface area contributed by atoms with Crippen molar-refractivity contribution >= 4 is 5.91 Å². The molecule has 120 valence electrons. The third-order valence-corrected chi connectivity index (χ3v) is 5.64. The van der Waals surface area contributed by atoms with E-state index in [2.05, 4.69) is 10.6 Å². The molecule has 3 fully saturated rings. The van der Waals surface area contributed by atoms with Gasteiger partial charge in [-0.1, -0.05) is 12.8 Å². The Morgan fingerprint density at radius 1 is 1.38 bits per heavy atom. The van der Waals surface area contributed by atoms with Crippen LogP contribution in [-0.4, -0.2) is 49.5 Å². The van der Waals surface area contributed by atoms with E-state index in [1.54, 1.807) is 0 Å². The fourth-order valence-electron chi connectivity index (χ4n) is 4.23. The standard InChI is InChI=1S/C16H28N2O3/c19-7-5-16(6-8-21-11-16)10-17-15(20)14-9-12-3-1-2-4-13(12)18-14/h12-14,18-19H,1-11H2,(H,17,20). The summed E-state index contributed by atoms with van der Waals surface area (Å²) in [7, 11) is 0. The maximum atomic E-state index is 12.4. The van der Waals surface area contributed by atoms with Crippen LogP contribution in [0.1, 0.15) is 44.9 Å². The number of carbonyl (C=O) groups excluding carboxylic acids is 1. The lowest BCUT2D eigenvalue weighted by atomic mass is 9.83. The molecule has 1 amide bonds. The highest BCUT2D eigenvalue weighted by atomic mass is 16.5. The van der Waals surface area contributed by atoms with Crippen molar-refractivity contribution in [3.8, 4) is 0 Å². The summed E-state index contributed by atoms with van der Waals surface area (Å²) in [4.78, 5) is 12.4. The summed E-state index contributed by atoms with van der Waals surface area (Å²) in [5.74, 6) is 0.823. The number of carbonyl (C=O) groups is 1. The summed E-state index contributed by atoms with van der Waals surface area (Å²) in [6.07, 6.45) is 7.71. The molecule has 0 radical (unpaired) electrons. The molecule has 3 N–H and O–H groups in total. The highest BCUT2D eigenvalue weighted by molar-refractivity contribution is 5.82. The fourth-order valence-corrected chi connectivity index (χ4v) is 4.23. The quantitative estimate of drug-likeness (QED) is 0.702. The van der Waals surface area contributed by atoms with Crippen molar-refractivity contribution in [2.24, 2.45) is 11.3 Å². The number of aliphatic hydroxyl groups excluding tert-OH is 1. The van der Waals surface area contributed by atoms with Crippen molar-refractivity contribution in [2.75, 3.05) is 26.4 Å². The van der Waals surface area contributed by atoms with Gasteiger partial charge in [-0.3, -0.25) is 4.79 Å². The zero-order chi connectivity index (χ0) is 14.7. The van der Waals surface area contributed by atoms with Crippen molar-refractivity contribution in [1.82, 2.24) is 10.6 Å². The molecule has 2 heterocycles. The lowest BCUT2D eigenvalue weighted by Gasteiger charge is -2.27. The smallest absolute Gasteiger partial charge is 0.237 e. The molecule has 2 aliphatic heterocycles. The summed E-state index contributed by atoms with van der Waals surface area (Å²) < 4.78 is 5.47. The average Bonchev–Trinajstić information content (AvgIpc) is 3.12. The molecule has 0 spiro atoms. The van der Waals surface area contributed by atoms with Crippen LogP contribution in [-0.2, 0) is 9.53 Å². The SMILES string of the molecule is O=C(NCC1(CCO)CCOC1)C1CC2CCCCC2N1. The van der Waals surface area contributed by atoms with E-state index in [0.29, 0.717) is 31.5 Å². The predicted molar refractivity (Wildman–Crippen MR) is 79.9 cm³/mol. The molecular formula is C16H28N2O3. The number of hydrogen-bond acceptors (Lipinski definition) is 4. The van der Waals surface area contributed by atoms with E-state index in [0.717, 1.165) is 19.4 Å². The van der Waals surface area contributed by atoms with Crippen LogP contribution >= 0.6 is 0 Å². The zero-order valence-corrected chi connectivity index (χ0v) is 12.8. The van der Waals surface area contributed by atoms with Gasteiger partial charge in [-0.25, -0.2) is 0 Å². The third-order valence-electron chi connectivity index (χ3n) is 5.64. The normalized spacial score (nSPS) is 39.2. The van der Waals surface area contributed by atoms with Crippen molar-refractivity contribution in [3.63, 3.8) is 0 Å². The van der Waals surface area contributed by atoms with Gasteiger partial charge in [0, 0.05) is 31.2 Å². The molecule has 3 aliphatic rings. The second-order valence-corrected chi connectivity index (χ2v) is 7.10. The Balaban J connectivity index is 1.50. The van der Waals surface area contributed by atoms with Crippen molar-refractivity contribution in [3.05, 3.63) is 0 Å². The molecule has 0 aromatic rings. The van der Waals surface area contributed by atoms with E-state index in [-0.39, 0.29) is 24.0 Å². The molecule has 0 aromatic carbocycles. The van der Waals surface area contributed by atoms with Gasteiger partial charge in [-0.15, -0.1) is 0 Å². The molecule has 2 saturated heterocycles. The Bertz CT molecular complexity index is 355. The van der Waals surface area contributed by atoms with Gasteiger partial charge in [-0.05, 0) is 38.0 Å². The Kier molecular flexibility index (Phi) is 4.82. The highest BCUT2D eigenvalue weighted by Crippen LogP contribution is 2.34. The van der Waals surface area contributed by atoms with Gasteiger partial charge in [0.05, 0.1) is 12.6 Å². The van der Waals surface area contributed by atoms with Gasteiger partial charge in [0.25, 0.3) is 0 Å². The van der Waals surface area contributed by atoms with Crippen molar-refractivity contribution < 1.29 is 14.6 Å². The molecule has 0 aromatic heterocycles. The first-order chi connectivity index (χ1) is 10.2. The van der Waals surface area contributed by atoms with Gasteiger partial charge >= 0.3 is 0 Å². The molecule has 4 atom stereocenters. The van der Waals surface area contributed by atoms with Gasteiger partial charge in [0.1, 0.15) is 0 Å². The maximum absolute atomic E-state index is 12.4. The Hall–Kier alpha value is -0.650. The van der Waals surface area contributed by atoms with Crippen LogP contribution in [0.15, 0.2) is 0 Å². The second kappa shape index (κ2) is 6.63. The predicted octanol–water partition coefficient (Wildman–Crippen LogP) is 0.812.